The third kappa shape index (κ3) is 5.95. The van der Waals surface area contributed by atoms with Gasteiger partial charge in [-0.1, -0.05) is 35.9 Å². The first-order chi connectivity index (χ1) is 13.3. The third-order valence-electron chi connectivity index (χ3n) is 4.82. The second-order valence-electron chi connectivity index (χ2n) is 7.11. The van der Waals surface area contributed by atoms with E-state index in [1.807, 2.05) is 36.4 Å². The molecular weight excluding hydrogens is 398 g/mol. The number of carbonyl (C=O) groups is 1. The smallest absolute Gasteiger partial charge is 0.319 e. The number of anilines is 1. The van der Waals surface area contributed by atoms with Crippen LogP contribution in [0, 0.1) is 0 Å². The van der Waals surface area contributed by atoms with Gasteiger partial charge in [0.25, 0.3) is 0 Å². The molecule has 3 rings (SSSR count). The predicted octanol–water partition coefficient (Wildman–Crippen LogP) is 3.28. The molecule has 1 saturated heterocycles. The SMILES string of the molecule is CS(=O)(=O)[C@@H]1CCN(Cc2ccc(NC(=O)NCc3ccc(Cl)cc3)cc2)C1. The molecule has 1 atom stereocenters. The summed E-state index contributed by atoms with van der Waals surface area (Å²) in [4.78, 5) is 14.2. The van der Waals surface area contributed by atoms with Crippen molar-refractivity contribution >= 4 is 33.2 Å². The summed E-state index contributed by atoms with van der Waals surface area (Å²) in [7, 11) is -2.98. The third-order valence-corrected chi connectivity index (χ3v) is 6.67. The molecule has 150 valence electrons. The molecule has 2 aromatic rings. The Morgan fingerprint density at radius 3 is 2.36 bits per heavy atom. The number of nitrogens with one attached hydrogen (secondary N) is 2. The second-order valence-corrected chi connectivity index (χ2v) is 9.87. The molecule has 0 saturated carbocycles. The van der Waals surface area contributed by atoms with Gasteiger partial charge in [0.15, 0.2) is 9.84 Å². The highest BCUT2D eigenvalue weighted by atomic mass is 35.5. The molecule has 0 unspecified atom stereocenters. The van der Waals surface area contributed by atoms with Crippen molar-refractivity contribution in [3.05, 3.63) is 64.7 Å². The molecule has 0 aromatic heterocycles. The van der Waals surface area contributed by atoms with Crippen LogP contribution >= 0.6 is 11.6 Å². The van der Waals surface area contributed by atoms with Crippen LogP contribution in [-0.4, -0.2) is 43.9 Å². The number of benzene rings is 2. The Bertz CT molecular complexity index is 915. The Balaban J connectivity index is 1.46. The van der Waals surface area contributed by atoms with Crippen LogP contribution in [-0.2, 0) is 22.9 Å². The van der Waals surface area contributed by atoms with Crippen molar-refractivity contribution < 1.29 is 13.2 Å². The van der Waals surface area contributed by atoms with Crippen molar-refractivity contribution in [3.8, 4) is 0 Å². The van der Waals surface area contributed by atoms with E-state index < -0.39 is 9.84 Å². The van der Waals surface area contributed by atoms with Crippen molar-refractivity contribution in [3.63, 3.8) is 0 Å². The number of urea groups is 1. The number of likely N-dealkylation sites (tertiary alicyclic amines) is 1. The molecule has 2 N–H and O–H groups in total. The van der Waals surface area contributed by atoms with Crippen molar-refractivity contribution in [1.29, 1.82) is 0 Å². The molecule has 0 bridgehead atoms. The first-order valence-electron chi connectivity index (χ1n) is 9.09. The number of halogens is 1. The van der Waals surface area contributed by atoms with Gasteiger partial charge < -0.3 is 10.6 Å². The summed E-state index contributed by atoms with van der Waals surface area (Å²) in [6, 6.07) is 14.6. The van der Waals surface area contributed by atoms with Crippen LogP contribution in [0.4, 0.5) is 10.5 Å². The normalized spacial score (nSPS) is 17.4. The molecule has 28 heavy (non-hydrogen) atoms. The van der Waals surface area contributed by atoms with Gasteiger partial charge in [0, 0.05) is 36.6 Å². The highest BCUT2D eigenvalue weighted by molar-refractivity contribution is 7.91. The molecule has 1 heterocycles. The van der Waals surface area contributed by atoms with E-state index in [1.165, 1.54) is 6.26 Å². The molecule has 0 aliphatic carbocycles. The van der Waals surface area contributed by atoms with Crippen LogP contribution in [0.1, 0.15) is 17.5 Å². The number of nitrogens with zero attached hydrogens (tertiary/aromatic N) is 1. The average molecular weight is 422 g/mol. The molecule has 2 amide bonds. The minimum atomic E-state index is -2.98. The summed E-state index contributed by atoms with van der Waals surface area (Å²) in [5, 5.41) is 6.00. The lowest BCUT2D eigenvalue weighted by atomic mass is 10.2. The van der Waals surface area contributed by atoms with Gasteiger partial charge in [0.05, 0.1) is 5.25 Å². The van der Waals surface area contributed by atoms with Crippen LogP contribution in [0.5, 0.6) is 0 Å². The lowest BCUT2D eigenvalue weighted by Crippen LogP contribution is -2.28. The minimum absolute atomic E-state index is 0.266. The van der Waals surface area contributed by atoms with Gasteiger partial charge >= 0.3 is 6.03 Å². The Morgan fingerprint density at radius 2 is 1.75 bits per heavy atom. The molecule has 0 spiro atoms. The van der Waals surface area contributed by atoms with Gasteiger partial charge in [0.2, 0.25) is 0 Å². The van der Waals surface area contributed by atoms with Crippen LogP contribution < -0.4 is 10.6 Å². The van der Waals surface area contributed by atoms with Gasteiger partial charge in [0.1, 0.15) is 0 Å². The number of rotatable bonds is 6. The summed E-state index contributed by atoms with van der Waals surface area (Å²) in [6.07, 6.45) is 1.99. The van der Waals surface area contributed by atoms with E-state index in [4.69, 9.17) is 11.6 Å². The number of carbonyl (C=O) groups excluding carboxylic acids is 1. The van der Waals surface area contributed by atoms with Crippen LogP contribution in [0.15, 0.2) is 48.5 Å². The second kappa shape index (κ2) is 8.94. The summed E-state index contributed by atoms with van der Waals surface area (Å²) < 4.78 is 23.3. The maximum Gasteiger partial charge on any atom is 0.319 e. The average Bonchev–Trinajstić information content (AvgIpc) is 3.12. The molecule has 6 nitrogen and oxygen atoms in total. The van der Waals surface area contributed by atoms with E-state index in [2.05, 4.69) is 15.5 Å². The molecule has 1 fully saturated rings. The molecule has 1 aliphatic rings. The van der Waals surface area contributed by atoms with Crippen LogP contribution in [0.25, 0.3) is 0 Å². The van der Waals surface area contributed by atoms with E-state index in [9.17, 15) is 13.2 Å². The van der Waals surface area contributed by atoms with Crippen molar-refractivity contribution in [1.82, 2.24) is 10.2 Å². The Kier molecular flexibility index (Phi) is 6.59. The zero-order chi connectivity index (χ0) is 20.1. The van der Waals surface area contributed by atoms with Gasteiger partial charge in [-0.15, -0.1) is 0 Å². The lowest BCUT2D eigenvalue weighted by molar-refractivity contribution is 0.251. The van der Waals surface area contributed by atoms with Crippen LogP contribution in [0.3, 0.4) is 0 Å². The fourth-order valence-corrected chi connectivity index (χ4v) is 4.34. The first-order valence-corrected chi connectivity index (χ1v) is 11.4. The largest absolute Gasteiger partial charge is 0.334 e. The molecule has 1 aliphatic heterocycles. The van der Waals surface area contributed by atoms with Crippen molar-refractivity contribution in [2.45, 2.75) is 24.8 Å². The number of sulfone groups is 1. The molecule has 8 heteroatoms. The van der Waals surface area contributed by atoms with E-state index >= 15 is 0 Å². The predicted molar refractivity (Wildman–Crippen MR) is 112 cm³/mol. The van der Waals surface area contributed by atoms with E-state index in [0.29, 0.717) is 36.8 Å². The van der Waals surface area contributed by atoms with Gasteiger partial charge in [-0.2, -0.15) is 0 Å². The number of hydrogen-bond donors (Lipinski definition) is 2. The van der Waals surface area contributed by atoms with E-state index in [-0.39, 0.29) is 11.3 Å². The Morgan fingerprint density at radius 1 is 1.11 bits per heavy atom. The Hall–Kier alpha value is -2.09. The summed E-state index contributed by atoms with van der Waals surface area (Å²) in [6.45, 7) is 2.48. The maximum atomic E-state index is 12.0. The van der Waals surface area contributed by atoms with Gasteiger partial charge in [-0.25, -0.2) is 13.2 Å². The maximum absolute atomic E-state index is 12.0. The summed E-state index contributed by atoms with van der Waals surface area (Å²) >= 11 is 5.85. The molecule has 2 aromatic carbocycles. The fourth-order valence-electron chi connectivity index (χ4n) is 3.20. The number of amides is 2. The van der Waals surface area contributed by atoms with Crippen LogP contribution in [0.2, 0.25) is 5.02 Å². The summed E-state index contributed by atoms with van der Waals surface area (Å²) in [5.74, 6) is 0. The van der Waals surface area contributed by atoms with Crippen molar-refractivity contribution in [2.75, 3.05) is 24.7 Å². The van der Waals surface area contributed by atoms with Crippen molar-refractivity contribution in [2.24, 2.45) is 0 Å². The minimum Gasteiger partial charge on any atom is -0.334 e. The first kappa shape index (κ1) is 20.6. The number of hydrogen-bond acceptors (Lipinski definition) is 4. The topological polar surface area (TPSA) is 78.5 Å². The highest BCUT2D eigenvalue weighted by Crippen LogP contribution is 2.19. The standard InChI is InChI=1S/C20H24ClN3O3S/c1-28(26,27)19-10-11-24(14-19)13-16-4-8-18(9-5-16)23-20(25)22-12-15-2-6-17(21)7-3-15/h2-9,19H,10-14H2,1H3,(H2,22,23,25)/t19-/m1/s1. The van der Waals surface area contributed by atoms with Gasteiger partial charge in [-0.05, 0) is 48.4 Å². The molecular formula is C20H24ClN3O3S. The molecule has 0 radical (unpaired) electrons. The summed E-state index contributed by atoms with van der Waals surface area (Å²) in [5.41, 5.74) is 2.75. The monoisotopic (exact) mass is 421 g/mol. The zero-order valence-electron chi connectivity index (χ0n) is 15.7. The fraction of sp³-hybridized carbons (Fsp3) is 0.350. The van der Waals surface area contributed by atoms with E-state index in [0.717, 1.165) is 17.7 Å². The Labute approximate surface area is 170 Å². The zero-order valence-corrected chi connectivity index (χ0v) is 17.3. The van der Waals surface area contributed by atoms with Gasteiger partial charge in [-0.3, -0.25) is 4.90 Å². The quantitative estimate of drug-likeness (QED) is 0.750. The highest BCUT2D eigenvalue weighted by Gasteiger charge is 2.29. The lowest BCUT2D eigenvalue weighted by Gasteiger charge is -2.16. The van der Waals surface area contributed by atoms with E-state index in [1.54, 1.807) is 12.1 Å².